The van der Waals surface area contributed by atoms with Gasteiger partial charge in [-0.05, 0) is 32.9 Å². The Morgan fingerprint density at radius 3 is 2.34 bits per heavy atom. The lowest BCUT2D eigenvalue weighted by atomic mass is 9.94. The van der Waals surface area contributed by atoms with Gasteiger partial charge in [0.15, 0.2) is 0 Å². The largest absolute Gasteiger partial charge is 0.469 e. The lowest BCUT2D eigenvalue weighted by Gasteiger charge is -2.23. The number of carbonyl (C=O) groups is 2. The summed E-state index contributed by atoms with van der Waals surface area (Å²) in [6.07, 6.45) is -4.98. The molecule has 1 aromatic carbocycles. The van der Waals surface area contributed by atoms with Crippen LogP contribution in [0.3, 0.4) is 0 Å². The Morgan fingerprint density at radius 2 is 1.80 bits per heavy atom. The highest BCUT2D eigenvalue weighted by Gasteiger charge is 2.35. The van der Waals surface area contributed by atoms with Crippen LogP contribution in [0.2, 0.25) is 5.02 Å². The summed E-state index contributed by atoms with van der Waals surface area (Å²) in [6.45, 7) is 4.60. The number of benzene rings is 1. The van der Waals surface area contributed by atoms with Crippen molar-refractivity contribution in [2.75, 3.05) is 13.7 Å². The van der Waals surface area contributed by atoms with E-state index in [4.69, 9.17) is 11.6 Å². The molecule has 0 saturated heterocycles. The van der Waals surface area contributed by atoms with Crippen LogP contribution in [0.4, 0.5) is 17.6 Å². The summed E-state index contributed by atoms with van der Waals surface area (Å²) in [6, 6.07) is 1.97. The predicted octanol–water partition coefficient (Wildman–Crippen LogP) is 3.14. The first kappa shape index (κ1) is 28.4. The van der Waals surface area contributed by atoms with E-state index in [-0.39, 0.29) is 31.7 Å². The standard InChI is InChI=1S/C21H22ClF4N3O5S/c1-10(17(31)27-9-20(2,3)18(32)34-5)35-14-7-13(12(23)6-11(14)22)29-16(30)8-15(21(24,25)26)28(4)19(29)33/h6-8,10H,9H2,1-5H3,(H,27,31). The molecule has 0 radical (unpaired) electrons. The maximum Gasteiger partial charge on any atom is 0.431 e. The molecule has 192 valence electrons. The molecule has 2 rings (SSSR count). The van der Waals surface area contributed by atoms with E-state index >= 15 is 0 Å². The fourth-order valence-corrected chi connectivity index (χ4v) is 4.15. The van der Waals surface area contributed by atoms with Crippen molar-refractivity contribution in [1.29, 1.82) is 0 Å². The van der Waals surface area contributed by atoms with Crippen LogP contribution in [0.5, 0.6) is 0 Å². The Morgan fingerprint density at radius 1 is 1.20 bits per heavy atom. The van der Waals surface area contributed by atoms with Crippen LogP contribution < -0.4 is 16.6 Å². The number of thioether (sulfide) groups is 1. The van der Waals surface area contributed by atoms with Crippen molar-refractivity contribution in [3.05, 3.63) is 55.6 Å². The molecule has 0 aliphatic heterocycles. The molecule has 8 nitrogen and oxygen atoms in total. The fourth-order valence-electron chi connectivity index (χ4n) is 2.94. The Balaban J connectivity index is 2.40. The average Bonchev–Trinajstić information content (AvgIpc) is 2.75. The number of esters is 1. The normalized spacial score (nSPS) is 12.9. The van der Waals surface area contributed by atoms with E-state index in [9.17, 15) is 36.7 Å². The number of halogens is 5. The van der Waals surface area contributed by atoms with Gasteiger partial charge in [-0.25, -0.2) is 13.8 Å². The molecule has 0 aliphatic carbocycles. The molecule has 1 heterocycles. The lowest BCUT2D eigenvalue weighted by Crippen LogP contribution is -2.42. The third-order valence-corrected chi connectivity index (χ3v) is 6.55. The van der Waals surface area contributed by atoms with Gasteiger partial charge in [-0.3, -0.25) is 19.0 Å². The third kappa shape index (κ3) is 6.26. The molecule has 35 heavy (non-hydrogen) atoms. The van der Waals surface area contributed by atoms with Crippen LogP contribution in [-0.4, -0.2) is 39.9 Å². The summed E-state index contributed by atoms with van der Waals surface area (Å²) < 4.78 is 59.0. The number of alkyl halides is 3. The fraction of sp³-hybridized carbons (Fsp3) is 0.429. The number of amides is 1. The number of nitrogens with one attached hydrogen (secondary N) is 1. The van der Waals surface area contributed by atoms with Gasteiger partial charge in [0.25, 0.3) is 5.56 Å². The molecule has 1 atom stereocenters. The zero-order valence-electron chi connectivity index (χ0n) is 19.3. The van der Waals surface area contributed by atoms with E-state index in [1.54, 1.807) is 13.8 Å². The van der Waals surface area contributed by atoms with E-state index in [0.717, 1.165) is 30.9 Å². The third-order valence-electron chi connectivity index (χ3n) is 4.97. The zero-order chi connectivity index (χ0) is 26.9. The van der Waals surface area contributed by atoms with E-state index in [2.05, 4.69) is 10.1 Å². The van der Waals surface area contributed by atoms with Gasteiger partial charge < -0.3 is 10.1 Å². The average molecular weight is 540 g/mol. The van der Waals surface area contributed by atoms with Crippen molar-refractivity contribution in [1.82, 2.24) is 14.5 Å². The Kier molecular flexibility index (Phi) is 8.48. The van der Waals surface area contributed by atoms with Crippen LogP contribution in [0, 0.1) is 11.2 Å². The monoisotopic (exact) mass is 539 g/mol. The van der Waals surface area contributed by atoms with Gasteiger partial charge in [0.05, 0.1) is 28.5 Å². The maximum absolute atomic E-state index is 14.7. The van der Waals surface area contributed by atoms with Crippen LogP contribution in [0.25, 0.3) is 5.69 Å². The molecule has 1 N–H and O–H groups in total. The zero-order valence-corrected chi connectivity index (χ0v) is 20.8. The molecule has 1 unspecified atom stereocenters. The first-order valence-corrected chi connectivity index (χ1v) is 11.2. The van der Waals surface area contributed by atoms with E-state index < -0.39 is 57.2 Å². The van der Waals surface area contributed by atoms with Gasteiger partial charge in [0.1, 0.15) is 11.5 Å². The number of hydrogen-bond donors (Lipinski definition) is 1. The van der Waals surface area contributed by atoms with E-state index in [1.165, 1.54) is 14.0 Å². The highest BCUT2D eigenvalue weighted by molar-refractivity contribution is 8.00. The van der Waals surface area contributed by atoms with Crippen LogP contribution in [0.15, 0.2) is 32.7 Å². The number of ether oxygens (including phenoxy) is 1. The molecular formula is C21H22ClF4N3O5S. The molecule has 1 amide bonds. The minimum absolute atomic E-state index is 0.0389. The van der Waals surface area contributed by atoms with Crippen molar-refractivity contribution in [2.24, 2.45) is 12.5 Å². The van der Waals surface area contributed by atoms with Crippen molar-refractivity contribution >= 4 is 35.2 Å². The van der Waals surface area contributed by atoms with Gasteiger partial charge >= 0.3 is 17.8 Å². The molecule has 2 aromatic rings. The summed E-state index contributed by atoms with van der Waals surface area (Å²) in [5.74, 6) is -2.17. The first-order valence-electron chi connectivity index (χ1n) is 9.93. The second-order valence-electron chi connectivity index (χ2n) is 8.13. The van der Waals surface area contributed by atoms with Gasteiger partial charge in [0, 0.05) is 24.6 Å². The predicted molar refractivity (Wildman–Crippen MR) is 121 cm³/mol. The van der Waals surface area contributed by atoms with Crippen molar-refractivity contribution < 1.29 is 31.9 Å². The Bertz CT molecular complexity index is 1270. The lowest BCUT2D eigenvalue weighted by molar-refractivity contribution is -0.150. The number of hydrogen-bond acceptors (Lipinski definition) is 6. The van der Waals surface area contributed by atoms with Gasteiger partial charge in [0.2, 0.25) is 5.91 Å². The number of carbonyl (C=O) groups excluding carboxylic acids is 2. The number of aromatic nitrogens is 2. The smallest absolute Gasteiger partial charge is 0.431 e. The van der Waals surface area contributed by atoms with Gasteiger partial charge in [-0.15, -0.1) is 11.8 Å². The Labute approximate surface area is 206 Å². The molecule has 0 saturated carbocycles. The molecule has 1 aromatic heterocycles. The van der Waals surface area contributed by atoms with Crippen molar-refractivity contribution in [3.8, 4) is 5.69 Å². The van der Waals surface area contributed by atoms with E-state index in [0.29, 0.717) is 0 Å². The second kappa shape index (κ2) is 10.4. The summed E-state index contributed by atoms with van der Waals surface area (Å²) in [5, 5.41) is 1.61. The molecular weight excluding hydrogens is 518 g/mol. The number of rotatable bonds is 7. The molecule has 0 fully saturated rings. The highest BCUT2D eigenvalue weighted by Crippen LogP contribution is 2.34. The first-order chi connectivity index (χ1) is 16.0. The highest BCUT2D eigenvalue weighted by atomic mass is 35.5. The topological polar surface area (TPSA) is 99.4 Å². The molecule has 0 aliphatic rings. The van der Waals surface area contributed by atoms with Gasteiger partial charge in [-0.1, -0.05) is 11.6 Å². The molecule has 14 heteroatoms. The van der Waals surface area contributed by atoms with Crippen LogP contribution in [-0.2, 0) is 27.5 Å². The minimum atomic E-state index is -4.98. The summed E-state index contributed by atoms with van der Waals surface area (Å²) in [4.78, 5) is 49.2. The SMILES string of the molecule is COC(=O)C(C)(C)CNC(=O)C(C)Sc1cc(-n2c(=O)cc(C(F)(F)F)n(C)c2=O)c(F)cc1Cl. The Hall–Kier alpha value is -2.80. The second-order valence-corrected chi connectivity index (χ2v) is 9.92. The summed E-state index contributed by atoms with van der Waals surface area (Å²) in [7, 11) is 2.01. The number of nitrogens with zero attached hydrogens (tertiary/aromatic N) is 2. The van der Waals surface area contributed by atoms with Crippen LogP contribution >= 0.6 is 23.4 Å². The summed E-state index contributed by atoms with van der Waals surface area (Å²) in [5.41, 5.74) is -5.94. The molecule has 0 spiro atoms. The van der Waals surface area contributed by atoms with Crippen molar-refractivity contribution in [2.45, 2.75) is 37.1 Å². The van der Waals surface area contributed by atoms with Crippen LogP contribution in [0.1, 0.15) is 26.5 Å². The van der Waals surface area contributed by atoms with Crippen molar-refractivity contribution in [3.63, 3.8) is 0 Å². The number of methoxy groups -OCH3 is 1. The van der Waals surface area contributed by atoms with E-state index in [1.807, 2.05) is 0 Å². The summed E-state index contributed by atoms with van der Waals surface area (Å²) >= 11 is 6.92. The quantitative estimate of drug-likeness (QED) is 0.330. The molecule has 0 bridgehead atoms. The minimum Gasteiger partial charge on any atom is -0.469 e. The maximum atomic E-state index is 14.7. The van der Waals surface area contributed by atoms with Gasteiger partial charge in [-0.2, -0.15) is 13.2 Å².